The standard InChI is InChI=1S/C9H14N2.C2H6/c1-4-11(3)9-5-6-10-8(2)7-9;1-2/h5-7H,4H2,1-3H3;1-2H3. The maximum absolute atomic E-state index is 4.13. The summed E-state index contributed by atoms with van der Waals surface area (Å²) in [5.41, 5.74) is 2.31. The Morgan fingerprint density at radius 1 is 1.38 bits per heavy atom. The molecule has 0 bridgehead atoms. The van der Waals surface area contributed by atoms with Crippen molar-refractivity contribution < 1.29 is 0 Å². The Kier molecular flexibility index (Phi) is 5.94. The molecule has 0 fully saturated rings. The van der Waals surface area contributed by atoms with Crippen LogP contribution in [0.25, 0.3) is 0 Å². The van der Waals surface area contributed by atoms with Gasteiger partial charge in [0.15, 0.2) is 0 Å². The van der Waals surface area contributed by atoms with E-state index in [4.69, 9.17) is 0 Å². The van der Waals surface area contributed by atoms with Gasteiger partial charge in [-0.2, -0.15) is 0 Å². The molecule has 0 spiro atoms. The van der Waals surface area contributed by atoms with Crippen LogP contribution in [-0.2, 0) is 0 Å². The van der Waals surface area contributed by atoms with Gasteiger partial charge in [-0.15, -0.1) is 0 Å². The van der Waals surface area contributed by atoms with Crippen molar-refractivity contribution in [2.24, 2.45) is 0 Å². The summed E-state index contributed by atoms with van der Waals surface area (Å²) in [6.07, 6.45) is 1.84. The van der Waals surface area contributed by atoms with Crippen LogP contribution in [0.3, 0.4) is 0 Å². The third kappa shape index (κ3) is 3.92. The smallest absolute Gasteiger partial charge is 0.0397 e. The number of pyridine rings is 1. The third-order valence-corrected chi connectivity index (χ3v) is 1.80. The van der Waals surface area contributed by atoms with Crippen molar-refractivity contribution in [3.63, 3.8) is 0 Å². The first kappa shape index (κ1) is 11.9. The Labute approximate surface area is 81.6 Å². The summed E-state index contributed by atoms with van der Waals surface area (Å²) in [6, 6.07) is 4.11. The average Bonchev–Trinajstić information content (AvgIpc) is 2.20. The van der Waals surface area contributed by atoms with Gasteiger partial charge in [0.05, 0.1) is 0 Å². The van der Waals surface area contributed by atoms with Crippen molar-refractivity contribution >= 4 is 5.69 Å². The van der Waals surface area contributed by atoms with Gasteiger partial charge in [0.2, 0.25) is 0 Å². The minimum absolute atomic E-state index is 1.03. The summed E-state index contributed by atoms with van der Waals surface area (Å²) in [5.74, 6) is 0. The van der Waals surface area contributed by atoms with Gasteiger partial charge in [0.1, 0.15) is 0 Å². The molecule has 1 heterocycles. The van der Waals surface area contributed by atoms with Crippen LogP contribution in [-0.4, -0.2) is 18.6 Å². The fourth-order valence-corrected chi connectivity index (χ4v) is 0.951. The fourth-order valence-electron chi connectivity index (χ4n) is 0.951. The van der Waals surface area contributed by atoms with Crippen molar-refractivity contribution in [2.75, 3.05) is 18.5 Å². The molecule has 0 aromatic carbocycles. The maximum atomic E-state index is 4.13. The van der Waals surface area contributed by atoms with E-state index in [2.05, 4.69) is 29.9 Å². The van der Waals surface area contributed by atoms with Gasteiger partial charge < -0.3 is 4.90 Å². The van der Waals surface area contributed by atoms with Crippen molar-refractivity contribution in [2.45, 2.75) is 27.7 Å². The first-order chi connectivity index (χ1) is 6.24. The molecule has 0 atom stereocenters. The number of aromatic nitrogens is 1. The second-order valence-electron chi connectivity index (χ2n) is 2.67. The second kappa shape index (κ2) is 6.46. The normalized spacial score (nSPS) is 8.69. The molecule has 2 nitrogen and oxygen atoms in total. The van der Waals surface area contributed by atoms with E-state index in [0.29, 0.717) is 0 Å². The summed E-state index contributed by atoms with van der Waals surface area (Å²) < 4.78 is 0. The summed E-state index contributed by atoms with van der Waals surface area (Å²) in [4.78, 5) is 6.32. The molecule has 1 aromatic rings. The van der Waals surface area contributed by atoms with E-state index in [-0.39, 0.29) is 0 Å². The molecule has 2 heteroatoms. The fraction of sp³-hybridized carbons (Fsp3) is 0.545. The molecule has 13 heavy (non-hydrogen) atoms. The van der Waals surface area contributed by atoms with Crippen LogP contribution < -0.4 is 4.90 Å². The minimum Gasteiger partial charge on any atom is -0.375 e. The molecule has 0 amide bonds. The molecular weight excluding hydrogens is 160 g/mol. The Bertz CT molecular complexity index is 233. The highest BCUT2D eigenvalue weighted by Gasteiger charge is 1.96. The first-order valence-corrected chi connectivity index (χ1v) is 4.88. The average molecular weight is 180 g/mol. The van der Waals surface area contributed by atoms with Crippen LogP contribution in [0.5, 0.6) is 0 Å². The van der Waals surface area contributed by atoms with Gasteiger partial charge in [-0.05, 0) is 26.0 Å². The van der Waals surface area contributed by atoms with E-state index in [1.807, 2.05) is 33.0 Å². The van der Waals surface area contributed by atoms with Gasteiger partial charge in [-0.1, -0.05) is 13.8 Å². The van der Waals surface area contributed by atoms with Crippen LogP contribution >= 0.6 is 0 Å². The van der Waals surface area contributed by atoms with Gasteiger partial charge in [-0.3, -0.25) is 4.98 Å². The minimum atomic E-state index is 1.03. The highest BCUT2D eigenvalue weighted by Crippen LogP contribution is 2.11. The lowest BCUT2D eigenvalue weighted by Gasteiger charge is -2.16. The molecule has 0 aliphatic rings. The van der Waals surface area contributed by atoms with E-state index >= 15 is 0 Å². The topological polar surface area (TPSA) is 16.1 Å². The monoisotopic (exact) mass is 180 g/mol. The van der Waals surface area contributed by atoms with Crippen molar-refractivity contribution in [1.29, 1.82) is 0 Å². The largest absolute Gasteiger partial charge is 0.375 e. The van der Waals surface area contributed by atoms with Gasteiger partial charge in [0.25, 0.3) is 0 Å². The van der Waals surface area contributed by atoms with Crippen molar-refractivity contribution in [1.82, 2.24) is 4.98 Å². The van der Waals surface area contributed by atoms with Crippen molar-refractivity contribution in [3.05, 3.63) is 24.0 Å². The summed E-state index contributed by atoms with van der Waals surface area (Å²) in [6.45, 7) is 9.17. The van der Waals surface area contributed by atoms with Crippen LogP contribution in [0.15, 0.2) is 18.3 Å². The van der Waals surface area contributed by atoms with Crippen LogP contribution in [0, 0.1) is 6.92 Å². The molecule has 74 valence electrons. The lowest BCUT2D eigenvalue weighted by Crippen LogP contribution is -2.15. The van der Waals surface area contributed by atoms with Gasteiger partial charge in [0, 0.05) is 31.2 Å². The number of anilines is 1. The molecule has 1 rings (SSSR count). The highest BCUT2D eigenvalue weighted by atomic mass is 15.1. The van der Waals surface area contributed by atoms with Crippen LogP contribution in [0.4, 0.5) is 5.69 Å². The zero-order valence-corrected chi connectivity index (χ0v) is 9.33. The molecule has 0 radical (unpaired) electrons. The molecule has 0 aliphatic carbocycles. The van der Waals surface area contributed by atoms with Gasteiger partial charge >= 0.3 is 0 Å². The molecule has 1 aromatic heterocycles. The van der Waals surface area contributed by atoms with E-state index in [9.17, 15) is 0 Å². The molecule has 0 unspecified atom stereocenters. The number of nitrogens with zero attached hydrogens (tertiary/aromatic N) is 2. The summed E-state index contributed by atoms with van der Waals surface area (Å²) >= 11 is 0. The number of rotatable bonds is 2. The molecule has 0 saturated heterocycles. The van der Waals surface area contributed by atoms with E-state index in [1.54, 1.807) is 0 Å². The lowest BCUT2D eigenvalue weighted by atomic mass is 10.3. The zero-order chi connectivity index (χ0) is 10.3. The third-order valence-electron chi connectivity index (χ3n) is 1.80. The number of aryl methyl sites for hydroxylation is 1. The Morgan fingerprint density at radius 2 is 2.00 bits per heavy atom. The Hall–Kier alpha value is -1.05. The summed E-state index contributed by atoms with van der Waals surface area (Å²) in [5, 5.41) is 0. The van der Waals surface area contributed by atoms with E-state index < -0.39 is 0 Å². The second-order valence-corrected chi connectivity index (χ2v) is 2.67. The SMILES string of the molecule is CC.CCN(C)c1ccnc(C)c1. The van der Waals surface area contributed by atoms with Crippen molar-refractivity contribution in [3.8, 4) is 0 Å². The first-order valence-electron chi connectivity index (χ1n) is 4.88. The van der Waals surface area contributed by atoms with E-state index in [1.165, 1.54) is 5.69 Å². The van der Waals surface area contributed by atoms with Crippen LogP contribution in [0.1, 0.15) is 26.5 Å². The number of hydrogen-bond donors (Lipinski definition) is 0. The Balaban J connectivity index is 0.000000671. The maximum Gasteiger partial charge on any atom is 0.0397 e. The zero-order valence-electron chi connectivity index (χ0n) is 9.33. The summed E-state index contributed by atoms with van der Waals surface area (Å²) in [7, 11) is 2.08. The molecule has 0 saturated carbocycles. The van der Waals surface area contributed by atoms with Crippen LogP contribution in [0.2, 0.25) is 0 Å². The molecule has 0 N–H and O–H groups in total. The lowest BCUT2D eigenvalue weighted by molar-refractivity contribution is 0.961. The number of hydrogen-bond acceptors (Lipinski definition) is 2. The Morgan fingerprint density at radius 3 is 2.46 bits per heavy atom. The van der Waals surface area contributed by atoms with E-state index in [0.717, 1.165) is 12.2 Å². The molecular formula is C11H20N2. The molecule has 0 aliphatic heterocycles. The quantitative estimate of drug-likeness (QED) is 0.695. The highest BCUT2D eigenvalue weighted by molar-refractivity contribution is 5.45. The van der Waals surface area contributed by atoms with Gasteiger partial charge in [-0.25, -0.2) is 0 Å². The predicted molar refractivity (Wildman–Crippen MR) is 59.3 cm³/mol. The predicted octanol–water partition coefficient (Wildman–Crippen LogP) is 2.87.